The summed E-state index contributed by atoms with van der Waals surface area (Å²) in [5, 5.41) is 17.2. The van der Waals surface area contributed by atoms with Gasteiger partial charge in [0, 0.05) is 0 Å². The van der Waals surface area contributed by atoms with Gasteiger partial charge in [-0.05, 0) is 47.0 Å². The van der Waals surface area contributed by atoms with Crippen LogP contribution in [0.25, 0.3) is 0 Å². The zero-order valence-electron chi connectivity index (χ0n) is 14.5. The number of guanidine groups is 1. The lowest BCUT2D eigenvalue weighted by atomic mass is 9.99. The number of benzene rings is 1. The molecule has 2 aromatic rings. The molecule has 0 bridgehead atoms. The van der Waals surface area contributed by atoms with Crippen LogP contribution in [0.15, 0.2) is 40.0 Å². The van der Waals surface area contributed by atoms with E-state index in [9.17, 15) is 5.11 Å². The molecule has 0 spiro atoms. The lowest BCUT2D eigenvalue weighted by Crippen LogP contribution is -2.41. The van der Waals surface area contributed by atoms with Gasteiger partial charge in [0.15, 0.2) is 17.5 Å². The van der Waals surface area contributed by atoms with Gasteiger partial charge < -0.3 is 25.6 Å². The first-order valence-electron chi connectivity index (χ1n) is 7.46. The molecule has 8 heteroatoms. The maximum atomic E-state index is 10.4. The van der Waals surface area contributed by atoms with E-state index in [0.29, 0.717) is 18.0 Å². The third-order valence-electron chi connectivity index (χ3n) is 3.64. The normalized spacial score (nSPS) is 13.5. The van der Waals surface area contributed by atoms with E-state index in [1.54, 1.807) is 32.5 Å². The number of aliphatic hydroxyl groups is 1. The van der Waals surface area contributed by atoms with Crippen LogP contribution in [-0.2, 0) is 12.1 Å². The number of hydrogen-bond donors (Lipinski definition) is 3. The van der Waals surface area contributed by atoms with Crippen LogP contribution in [-0.4, -0.2) is 31.8 Å². The van der Waals surface area contributed by atoms with Crippen molar-refractivity contribution in [2.45, 2.75) is 19.1 Å². The largest absolute Gasteiger partial charge is 0.493 e. The Morgan fingerprint density at radius 3 is 2.60 bits per heavy atom. The molecule has 6 nitrogen and oxygen atoms in total. The van der Waals surface area contributed by atoms with Crippen LogP contribution in [0.4, 0.5) is 0 Å². The summed E-state index contributed by atoms with van der Waals surface area (Å²) in [6.45, 7) is 2.43. The van der Waals surface area contributed by atoms with E-state index in [-0.39, 0.29) is 36.5 Å². The molecule has 0 aliphatic heterocycles. The third-order valence-corrected chi connectivity index (χ3v) is 4.32. The smallest absolute Gasteiger partial charge is 0.189 e. The summed E-state index contributed by atoms with van der Waals surface area (Å²) in [4.78, 5) is 4.29. The van der Waals surface area contributed by atoms with Crippen LogP contribution in [0.2, 0.25) is 0 Å². The molecule has 1 atom stereocenters. The highest BCUT2D eigenvalue weighted by Gasteiger charge is 2.23. The van der Waals surface area contributed by atoms with Gasteiger partial charge in [0.2, 0.25) is 0 Å². The van der Waals surface area contributed by atoms with Gasteiger partial charge in [0.05, 0.1) is 27.3 Å². The summed E-state index contributed by atoms with van der Waals surface area (Å²) >= 11 is 1.54. The van der Waals surface area contributed by atoms with Crippen molar-refractivity contribution in [3.8, 4) is 11.5 Å². The van der Waals surface area contributed by atoms with E-state index in [0.717, 1.165) is 11.1 Å². The van der Waals surface area contributed by atoms with Crippen molar-refractivity contribution >= 4 is 41.3 Å². The summed E-state index contributed by atoms with van der Waals surface area (Å²) in [5.74, 6) is 1.60. The Morgan fingerprint density at radius 1 is 1.28 bits per heavy atom. The molecule has 0 radical (unpaired) electrons. The van der Waals surface area contributed by atoms with Crippen molar-refractivity contribution < 1.29 is 14.6 Å². The standard InChI is InChI=1S/C17H23N3O3S.HI/c1-17(21,13-6-7-24-10-13)11-20-16(18)19-9-12-4-5-14(22-2)15(8-12)23-3;/h4-8,10,21H,9,11H2,1-3H3,(H3,18,19,20);1H. The minimum Gasteiger partial charge on any atom is -0.493 e. The molecule has 0 aliphatic carbocycles. The molecule has 25 heavy (non-hydrogen) atoms. The second-order valence-electron chi connectivity index (χ2n) is 5.53. The maximum Gasteiger partial charge on any atom is 0.189 e. The zero-order valence-corrected chi connectivity index (χ0v) is 17.6. The SMILES string of the molecule is COc1ccc(CN=C(N)NCC(C)(O)c2ccsc2)cc1OC.I. The summed E-state index contributed by atoms with van der Waals surface area (Å²) < 4.78 is 10.5. The van der Waals surface area contributed by atoms with E-state index in [1.165, 1.54) is 0 Å². The molecule has 0 saturated carbocycles. The van der Waals surface area contributed by atoms with E-state index >= 15 is 0 Å². The Bertz CT molecular complexity index is 690. The highest BCUT2D eigenvalue weighted by Crippen LogP contribution is 2.27. The average molecular weight is 477 g/mol. The highest BCUT2D eigenvalue weighted by molar-refractivity contribution is 14.0. The number of nitrogens with one attached hydrogen (secondary N) is 1. The Hall–Kier alpha value is -1.52. The number of ether oxygens (including phenoxy) is 2. The molecule has 1 aromatic heterocycles. The molecule has 0 saturated heterocycles. The maximum absolute atomic E-state index is 10.4. The number of hydrogen-bond acceptors (Lipinski definition) is 5. The van der Waals surface area contributed by atoms with Gasteiger partial charge in [-0.3, -0.25) is 0 Å². The van der Waals surface area contributed by atoms with Crippen molar-refractivity contribution in [1.29, 1.82) is 0 Å². The fraction of sp³-hybridized carbons (Fsp3) is 0.353. The Balaban J connectivity index is 0.00000312. The quantitative estimate of drug-likeness (QED) is 0.324. The first-order valence-corrected chi connectivity index (χ1v) is 8.40. The van der Waals surface area contributed by atoms with Gasteiger partial charge in [-0.25, -0.2) is 4.99 Å². The van der Waals surface area contributed by atoms with Gasteiger partial charge in [-0.1, -0.05) is 6.07 Å². The van der Waals surface area contributed by atoms with Gasteiger partial charge in [0.25, 0.3) is 0 Å². The number of aliphatic imine (C=N–C) groups is 1. The van der Waals surface area contributed by atoms with Crippen molar-refractivity contribution in [2.75, 3.05) is 20.8 Å². The summed E-state index contributed by atoms with van der Waals surface area (Å²) in [6.07, 6.45) is 0. The molecule has 1 unspecified atom stereocenters. The van der Waals surface area contributed by atoms with Crippen LogP contribution in [0.1, 0.15) is 18.1 Å². The summed E-state index contributed by atoms with van der Waals surface area (Å²) in [7, 11) is 3.18. The lowest BCUT2D eigenvalue weighted by Gasteiger charge is -2.23. The predicted molar refractivity (Wildman–Crippen MR) is 112 cm³/mol. The molecule has 2 rings (SSSR count). The predicted octanol–water partition coefficient (Wildman–Crippen LogP) is 2.70. The van der Waals surface area contributed by atoms with Crippen LogP contribution in [0.5, 0.6) is 11.5 Å². The van der Waals surface area contributed by atoms with Crippen molar-refractivity contribution in [2.24, 2.45) is 10.7 Å². The first-order chi connectivity index (χ1) is 11.5. The first kappa shape index (κ1) is 21.5. The number of halogens is 1. The Morgan fingerprint density at radius 2 is 2.00 bits per heavy atom. The molecule has 138 valence electrons. The minimum atomic E-state index is -0.997. The number of methoxy groups -OCH3 is 2. The Labute approximate surface area is 169 Å². The second-order valence-corrected chi connectivity index (χ2v) is 6.31. The second kappa shape index (κ2) is 9.83. The highest BCUT2D eigenvalue weighted by atomic mass is 127. The monoisotopic (exact) mass is 477 g/mol. The van der Waals surface area contributed by atoms with Crippen molar-refractivity contribution in [1.82, 2.24) is 5.32 Å². The molecule has 0 amide bonds. The van der Waals surface area contributed by atoms with Gasteiger partial charge in [-0.15, -0.1) is 24.0 Å². The van der Waals surface area contributed by atoms with Gasteiger partial charge in [0.1, 0.15) is 5.60 Å². The summed E-state index contributed by atoms with van der Waals surface area (Å²) in [5.41, 5.74) is 6.69. The van der Waals surface area contributed by atoms with Crippen LogP contribution < -0.4 is 20.5 Å². The minimum absolute atomic E-state index is 0. The molecular formula is C17H24IN3O3S. The van der Waals surface area contributed by atoms with E-state index in [4.69, 9.17) is 15.2 Å². The fourth-order valence-electron chi connectivity index (χ4n) is 2.15. The molecular weight excluding hydrogens is 453 g/mol. The Kier molecular flexibility index (Phi) is 8.46. The lowest BCUT2D eigenvalue weighted by molar-refractivity contribution is 0.0623. The van der Waals surface area contributed by atoms with E-state index in [1.807, 2.05) is 35.0 Å². The van der Waals surface area contributed by atoms with Crippen molar-refractivity contribution in [3.63, 3.8) is 0 Å². The van der Waals surface area contributed by atoms with Crippen molar-refractivity contribution in [3.05, 3.63) is 46.2 Å². The third kappa shape index (κ3) is 6.05. The van der Waals surface area contributed by atoms with Gasteiger partial charge in [-0.2, -0.15) is 11.3 Å². The van der Waals surface area contributed by atoms with Gasteiger partial charge >= 0.3 is 0 Å². The molecule has 0 aliphatic rings. The molecule has 0 fully saturated rings. The van der Waals surface area contributed by atoms with E-state index < -0.39 is 5.60 Å². The zero-order chi connectivity index (χ0) is 17.6. The summed E-state index contributed by atoms with van der Waals surface area (Å²) in [6, 6.07) is 7.48. The molecule has 4 N–H and O–H groups in total. The number of nitrogens with zero attached hydrogens (tertiary/aromatic N) is 1. The number of thiophene rings is 1. The number of nitrogens with two attached hydrogens (primary N) is 1. The molecule has 1 aromatic carbocycles. The molecule has 1 heterocycles. The van der Waals surface area contributed by atoms with Crippen LogP contribution >= 0.6 is 35.3 Å². The average Bonchev–Trinajstić information content (AvgIpc) is 3.13. The topological polar surface area (TPSA) is 89.1 Å². The fourth-order valence-corrected chi connectivity index (χ4v) is 2.93. The number of rotatable bonds is 7. The van der Waals surface area contributed by atoms with E-state index in [2.05, 4.69) is 10.3 Å². The van der Waals surface area contributed by atoms with Crippen LogP contribution in [0, 0.1) is 0 Å². The van der Waals surface area contributed by atoms with Crippen LogP contribution in [0.3, 0.4) is 0 Å².